The van der Waals surface area contributed by atoms with Gasteiger partial charge in [-0.1, -0.05) is 67.6 Å². The molecule has 0 bridgehead atoms. The van der Waals surface area contributed by atoms with Crippen LogP contribution in [-0.4, -0.2) is 14.9 Å². The Morgan fingerprint density at radius 2 is 1.47 bits per heavy atom. The zero-order valence-corrected chi connectivity index (χ0v) is 15.1. The first-order chi connectivity index (χ1) is 9.18. The van der Waals surface area contributed by atoms with Gasteiger partial charge in [-0.15, -0.1) is 0 Å². The Hall–Kier alpha value is -0.123. The van der Waals surface area contributed by atoms with Crippen LogP contribution in [0.4, 0.5) is 0 Å². The second-order valence-electron chi connectivity index (χ2n) is 5.14. The average molecular weight is 343 g/mol. The van der Waals surface area contributed by atoms with Gasteiger partial charge >= 0.3 is 0 Å². The SMILES string of the molecule is CCCC[Si](CCCC)(OCC)c1ccc(Br)cc1. The van der Waals surface area contributed by atoms with Crippen molar-refractivity contribution in [2.24, 2.45) is 0 Å². The molecule has 0 radical (unpaired) electrons. The van der Waals surface area contributed by atoms with Crippen LogP contribution in [0.1, 0.15) is 46.5 Å². The van der Waals surface area contributed by atoms with Crippen LogP contribution in [0.5, 0.6) is 0 Å². The Balaban J connectivity index is 3.00. The molecule has 1 aromatic rings. The average Bonchev–Trinajstić information content (AvgIpc) is 2.43. The van der Waals surface area contributed by atoms with Gasteiger partial charge < -0.3 is 4.43 Å². The van der Waals surface area contributed by atoms with E-state index < -0.39 is 8.32 Å². The van der Waals surface area contributed by atoms with Crippen molar-refractivity contribution in [3.8, 4) is 0 Å². The molecule has 0 aliphatic heterocycles. The van der Waals surface area contributed by atoms with Crippen molar-refractivity contribution in [1.82, 2.24) is 0 Å². The monoisotopic (exact) mass is 342 g/mol. The van der Waals surface area contributed by atoms with Crippen LogP contribution >= 0.6 is 15.9 Å². The zero-order chi connectivity index (χ0) is 14.1. The fourth-order valence-corrected chi connectivity index (χ4v) is 7.32. The Morgan fingerprint density at radius 3 is 1.89 bits per heavy atom. The summed E-state index contributed by atoms with van der Waals surface area (Å²) in [6.07, 6.45) is 5.08. The van der Waals surface area contributed by atoms with E-state index in [-0.39, 0.29) is 0 Å². The van der Waals surface area contributed by atoms with E-state index in [2.05, 4.69) is 61.0 Å². The molecule has 1 aromatic carbocycles. The van der Waals surface area contributed by atoms with Crippen molar-refractivity contribution in [3.05, 3.63) is 28.7 Å². The van der Waals surface area contributed by atoms with Crippen LogP contribution in [0.25, 0.3) is 0 Å². The fraction of sp³-hybridized carbons (Fsp3) is 0.625. The third-order valence-electron chi connectivity index (χ3n) is 3.66. The summed E-state index contributed by atoms with van der Waals surface area (Å²) in [5.41, 5.74) is 0. The first-order valence-corrected chi connectivity index (χ1v) is 10.7. The van der Waals surface area contributed by atoms with E-state index in [1.807, 2.05) is 0 Å². The van der Waals surface area contributed by atoms with E-state index in [1.165, 1.54) is 43.0 Å². The predicted molar refractivity (Wildman–Crippen MR) is 90.6 cm³/mol. The van der Waals surface area contributed by atoms with Crippen molar-refractivity contribution in [1.29, 1.82) is 0 Å². The topological polar surface area (TPSA) is 9.23 Å². The summed E-state index contributed by atoms with van der Waals surface area (Å²) in [4.78, 5) is 0. The summed E-state index contributed by atoms with van der Waals surface area (Å²) in [6.45, 7) is 7.52. The Kier molecular flexibility index (Phi) is 7.96. The molecule has 0 fully saturated rings. The van der Waals surface area contributed by atoms with E-state index in [4.69, 9.17) is 4.43 Å². The highest BCUT2D eigenvalue weighted by atomic mass is 79.9. The Morgan fingerprint density at radius 1 is 0.947 bits per heavy atom. The molecule has 0 heterocycles. The van der Waals surface area contributed by atoms with Gasteiger partial charge in [-0.25, -0.2) is 0 Å². The second-order valence-corrected chi connectivity index (χ2v) is 9.91. The molecule has 0 saturated heterocycles. The molecule has 0 saturated carbocycles. The van der Waals surface area contributed by atoms with Crippen molar-refractivity contribution >= 4 is 29.4 Å². The molecule has 3 heteroatoms. The quantitative estimate of drug-likeness (QED) is 0.557. The van der Waals surface area contributed by atoms with Gasteiger partial charge in [-0.05, 0) is 36.3 Å². The Bertz CT molecular complexity index is 342. The van der Waals surface area contributed by atoms with Crippen LogP contribution in [0.3, 0.4) is 0 Å². The van der Waals surface area contributed by atoms with Gasteiger partial charge in [0.2, 0.25) is 8.32 Å². The van der Waals surface area contributed by atoms with Gasteiger partial charge in [0.15, 0.2) is 0 Å². The largest absolute Gasteiger partial charge is 0.413 e. The first-order valence-electron chi connectivity index (χ1n) is 7.58. The van der Waals surface area contributed by atoms with Crippen LogP contribution < -0.4 is 5.19 Å². The minimum absolute atomic E-state index is 0.843. The second kappa shape index (κ2) is 8.93. The molecule has 0 N–H and O–H groups in total. The number of halogens is 1. The van der Waals surface area contributed by atoms with Crippen molar-refractivity contribution in [3.63, 3.8) is 0 Å². The van der Waals surface area contributed by atoms with Crippen LogP contribution in [0, 0.1) is 0 Å². The third kappa shape index (κ3) is 5.05. The van der Waals surface area contributed by atoms with Crippen molar-refractivity contribution < 1.29 is 4.43 Å². The standard InChI is InChI=1S/C16H27BrOSi/c1-4-7-13-19(18-6-3,14-8-5-2)16-11-9-15(17)10-12-16/h9-12H,4-8,13-14H2,1-3H3. The molecule has 0 atom stereocenters. The molecule has 0 spiro atoms. The predicted octanol–water partition coefficient (Wildman–Crippen LogP) is 5.24. The van der Waals surface area contributed by atoms with Gasteiger partial charge in [-0.2, -0.15) is 0 Å². The first kappa shape index (κ1) is 16.9. The molecule has 0 amide bonds. The van der Waals surface area contributed by atoms with Gasteiger partial charge in [-0.3, -0.25) is 0 Å². The number of unbranched alkanes of at least 4 members (excludes halogenated alkanes) is 2. The van der Waals surface area contributed by atoms with Crippen molar-refractivity contribution in [2.75, 3.05) is 6.61 Å². The number of hydrogen-bond donors (Lipinski definition) is 0. The maximum Gasteiger partial charge on any atom is 0.224 e. The minimum Gasteiger partial charge on any atom is -0.413 e. The normalized spacial score (nSPS) is 11.8. The lowest BCUT2D eigenvalue weighted by Crippen LogP contribution is -2.50. The number of benzene rings is 1. The summed E-state index contributed by atoms with van der Waals surface area (Å²) in [6, 6.07) is 11.4. The molecule has 1 nitrogen and oxygen atoms in total. The minimum atomic E-state index is -1.76. The van der Waals surface area contributed by atoms with E-state index in [0.29, 0.717) is 0 Å². The molecule has 0 unspecified atom stereocenters. The molecular formula is C16H27BrOSi. The molecule has 19 heavy (non-hydrogen) atoms. The lowest BCUT2D eigenvalue weighted by molar-refractivity contribution is 0.326. The highest BCUT2D eigenvalue weighted by molar-refractivity contribution is 9.10. The molecule has 0 aliphatic rings. The summed E-state index contributed by atoms with van der Waals surface area (Å²) < 4.78 is 7.54. The summed E-state index contributed by atoms with van der Waals surface area (Å²) in [5.74, 6) is 0. The van der Waals surface area contributed by atoms with Gasteiger partial charge in [0.05, 0.1) is 0 Å². The van der Waals surface area contributed by atoms with E-state index in [1.54, 1.807) is 0 Å². The molecule has 0 aliphatic carbocycles. The fourth-order valence-electron chi connectivity index (χ4n) is 2.60. The molecule has 108 valence electrons. The van der Waals surface area contributed by atoms with Crippen LogP contribution in [0.15, 0.2) is 28.7 Å². The highest BCUT2D eigenvalue weighted by Gasteiger charge is 2.35. The van der Waals surface area contributed by atoms with E-state index in [9.17, 15) is 0 Å². The third-order valence-corrected chi connectivity index (χ3v) is 8.74. The molecular weight excluding hydrogens is 316 g/mol. The number of rotatable bonds is 9. The van der Waals surface area contributed by atoms with Crippen LogP contribution in [0.2, 0.25) is 12.1 Å². The lowest BCUT2D eigenvalue weighted by Gasteiger charge is -2.32. The van der Waals surface area contributed by atoms with E-state index in [0.717, 1.165) is 11.1 Å². The van der Waals surface area contributed by atoms with Gasteiger partial charge in [0.25, 0.3) is 0 Å². The maximum absolute atomic E-state index is 6.38. The van der Waals surface area contributed by atoms with Gasteiger partial charge in [0, 0.05) is 11.1 Å². The molecule has 1 rings (SSSR count). The summed E-state index contributed by atoms with van der Waals surface area (Å²) in [7, 11) is -1.76. The van der Waals surface area contributed by atoms with Gasteiger partial charge in [0.1, 0.15) is 0 Å². The van der Waals surface area contributed by atoms with Crippen LogP contribution in [-0.2, 0) is 4.43 Å². The summed E-state index contributed by atoms with van der Waals surface area (Å²) >= 11 is 3.53. The van der Waals surface area contributed by atoms with Crippen molar-refractivity contribution in [2.45, 2.75) is 58.5 Å². The zero-order valence-electron chi connectivity index (χ0n) is 12.5. The lowest BCUT2D eigenvalue weighted by atomic mass is 10.4. The number of hydrogen-bond acceptors (Lipinski definition) is 1. The maximum atomic E-state index is 6.38. The summed E-state index contributed by atoms with van der Waals surface area (Å²) in [5, 5.41) is 1.47. The van der Waals surface area contributed by atoms with E-state index >= 15 is 0 Å². The molecule has 0 aromatic heterocycles. The highest BCUT2D eigenvalue weighted by Crippen LogP contribution is 2.24. The Labute approximate surface area is 128 Å². The smallest absolute Gasteiger partial charge is 0.224 e.